The zero-order chi connectivity index (χ0) is 12.0. The summed E-state index contributed by atoms with van der Waals surface area (Å²) in [6.45, 7) is 5.00. The molecule has 6 heteroatoms. The van der Waals surface area contributed by atoms with Crippen LogP contribution in [-0.2, 0) is 9.47 Å². The lowest BCUT2D eigenvalue weighted by molar-refractivity contribution is 0.0336. The summed E-state index contributed by atoms with van der Waals surface area (Å²) < 4.78 is 14.3. The first-order valence-electron chi connectivity index (χ1n) is 5.09. The van der Waals surface area contributed by atoms with E-state index in [4.69, 9.17) is 9.47 Å². The molecule has 1 heterocycles. The molecule has 0 bridgehead atoms. The van der Waals surface area contributed by atoms with Crippen molar-refractivity contribution in [2.45, 2.75) is 13.8 Å². The topological polar surface area (TPSA) is 60.5 Å². The van der Waals surface area contributed by atoms with E-state index in [-0.39, 0.29) is 12.6 Å². The van der Waals surface area contributed by atoms with Gasteiger partial charge in [-0.2, -0.15) is 4.37 Å². The Labute approximate surface area is 98.9 Å². The highest BCUT2D eigenvalue weighted by Crippen LogP contribution is 2.24. The van der Waals surface area contributed by atoms with Gasteiger partial charge in [0.25, 0.3) is 0 Å². The Morgan fingerprint density at radius 1 is 1.50 bits per heavy atom. The first kappa shape index (κ1) is 12.9. The third-order valence-corrected chi connectivity index (χ3v) is 2.91. The van der Waals surface area contributed by atoms with Crippen molar-refractivity contribution in [2.24, 2.45) is 0 Å². The van der Waals surface area contributed by atoms with Crippen molar-refractivity contribution in [3.8, 4) is 0 Å². The molecule has 90 valence electrons. The molecule has 1 rings (SSSR count). The fourth-order valence-electron chi connectivity index (χ4n) is 1.19. The summed E-state index contributed by atoms with van der Waals surface area (Å²) in [7, 11) is 1.75. The van der Waals surface area contributed by atoms with E-state index in [0.29, 0.717) is 24.5 Å². The summed E-state index contributed by atoms with van der Waals surface area (Å²) in [6.07, 6.45) is 0. The van der Waals surface area contributed by atoms with Gasteiger partial charge in [-0.05, 0) is 25.4 Å². The van der Waals surface area contributed by atoms with Gasteiger partial charge in [0, 0.05) is 13.7 Å². The predicted octanol–water partition coefficient (Wildman–Crippen LogP) is 1.69. The summed E-state index contributed by atoms with van der Waals surface area (Å²) in [5.74, 6) is -0.352. The highest BCUT2D eigenvalue weighted by molar-refractivity contribution is 7.10. The van der Waals surface area contributed by atoms with E-state index >= 15 is 0 Å². The van der Waals surface area contributed by atoms with Crippen LogP contribution < -0.4 is 5.32 Å². The van der Waals surface area contributed by atoms with E-state index in [9.17, 15) is 4.79 Å². The third-order valence-electron chi connectivity index (χ3n) is 1.96. The molecule has 0 aliphatic rings. The summed E-state index contributed by atoms with van der Waals surface area (Å²) >= 11 is 1.26. The van der Waals surface area contributed by atoms with Gasteiger partial charge >= 0.3 is 5.97 Å². The van der Waals surface area contributed by atoms with Crippen LogP contribution in [0.25, 0.3) is 0 Å². The number of anilines is 1. The van der Waals surface area contributed by atoms with Crippen LogP contribution in [0.3, 0.4) is 0 Å². The van der Waals surface area contributed by atoms with E-state index in [1.54, 1.807) is 14.0 Å². The summed E-state index contributed by atoms with van der Waals surface area (Å²) in [4.78, 5) is 11.7. The van der Waals surface area contributed by atoms with Crippen LogP contribution in [0.4, 0.5) is 5.00 Å². The maximum absolute atomic E-state index is 11.7. The molecule has 16 heavy (non-hydrogen) atoms. The molecule has 0 saturated heterocycles. The number of carbonyl (C=O) groups is 1. The Balaban J connectivity index is 2.55. The molecule has 0 radical (unpaired) electrons. The van der Waals surface area contributed by atoms with Gasteiger partial charge in [-0.25, -0.2) is 4.79 Å². The van der Waals surface area contributed by atoms with Crippen LogP contribution >= 0.6 is 11.5 Å². The first-order chi connectivity index (χ1) is 7.70. The van der Waals surface area contributed by atoms with Crippen LogP contribution in [0.15, 0.2) is 0 Å². The monoisotopic (exact) mass is 244 g/mol. The van der Waals surface area contributed by atoms with E-state index < -0.39 is 0 Å². The highest BCUT2D eigenvalue weighted by Gasteiger charge is 2.18. The minimum Gasteiger partial charge on any atom is -0.460 e. The van der Waals surface area contributed by atoms with Crippen molar-refractivity contribution < 1.29 is 14.3 Å². The van der Waals surface area contributed by atoms with E-state index in [1.165, 1.54) is 11.5 Å². The average Bonchev–Trinajstić information content (AvgIpc) is 2.65. The molecule has 0 atom stereocenters. The standard InChI is InChI=1S/C10H16N2O3S/c1-4-14-5-6-15-10(13)8-7(2)12-16-9(8)11-3/h11H,4-6H2,1-3H3. The molecule has 1 aromatic rings. The van der Waals surface area contributed by atoms with Gasteiger partial charge in [-0.3, -0.25) is 0 Å². The molecule has 0 spiro atoms. The van der Waals surface area contributed by atoms with Crippen molar-refractivity contribution >= 4 is 22.5 Å². The van der Waals surface area contributed by atoms with Crippen LogP contribution in [0, 0.1) is 6.92 Å². The number of carbonyl (C=O) groups excluding carboxylic acids is 1. The fourth-order valence-corrected chi connectivity index (χ4v) is 1.92. The predicted molar refractivity (Wildman–Crippen MR) is 63.2 cm³/mol. The van der Waals surface area contributed by atoms with Gasteiger partial charge in [0.05, 0.1) is 12.3 Å². The van der Waals surface area contributed by atoms with Crippen molar-refractivity contribution in [3.05, 3.63) is 11.3 Å². The number of aryl methyl sites for hydroxylation is 1. The van der Waals surface area contributed by atoms with Crippen molar-refractivity contribution in [3.63, 3.8) is 0 Å². The minimum atomic E-state index is -0.352. The van der Waals surface area contributed by atoms with Crippen molar-refractivity contribution in [1.29, 1.82) is 0 Å². The number of hydrogen-bond acceptors (Lipinski definition) is 6. The number of rotatable bonds is 6. The number of nitrogens with zero attached hydrogens (tertiary/aromatic N) is 1. The lowest BCUT2D eigenvalue weighted by atomic mass is 10.2. The zero-order valence-electron chi connectivity index (χ0n) is 9.70. The van der Waals surface area contributed by atoms with Crippen molar-refractivity contribution in [1.82, 2.24) is 4.37 Å². The van der Waals surface area contributed by atoms with Gasteiger partial charge < -0.3 is 14.8 Å². The number of hydrogen-bond donors (Lipinski definition) is 1. The number of aromatic nitrogens is 1. The normalized spacial score (nSPS) is 10.2. The van der Waals surface area contributed by atoms with Gasteiger partial charge in [-0.1, -0.05) is 0 Å². The van der Waals surface area contributed by atoms with E-state index in [0.717, 1.165) is 5.00 Å². The molecule has 0 fully saturated rings. The first-order valence-corrected chi connectivity index (χ1v) is 5.87. The highest BCUT2D eigenvalue weighted by atomic mass is 32.1. The lowest BCUT2D eigenvalue weighted by Crippen LogP contribution is -2.12. The molecule has 1 N–H and O–H groups in total. The SMILES string of the molecule is CCOCCOC(=O)c1c(C)nsc1NC. The quantitative estimate of drug-likeness (QED) is 0.609. The molecule has 0 saturated carbocycles. The second-order valence-electron chi connectivity index (χ2n) is 3.05. The van der Waals surface area contributed by atoms with Crippen LogP contribution in [0.2, 0.25) is 0 Å². The number of ether oxygens (including phenoxy) is 2. The maximum atomic E-state index is 11.7. The molecular formula is C10H16N2O3S. The largest absolute Gasteiger partial charge is 0.460 e. The smallest absolute Gasteiger partial charge is 0.343 e. The van der Waals surface area contributed by atoms with Gasteiger partial charge in [-0.15, -0.1) is 0 Å². The lowest BCUT2D eigenvalue weighted by Gasteiger charge is -2.05. The number of esters is 1. The van der Waals surface area contributed by atoms with E-state index in [2.05, 4.69) is 9.69 Å². The Hall–Kier alpha value is -1.14. The second-order valence-corrected chi connectivity index (χ2v) is 3.83. The summed E-state index contributed by atoms with van der Waals surface area (Å²) in [5, 5.41) is 3.66. The van der Waals surface area contributed by atoms with Crippen LogP contribution in [0.5, 0.6) is 0 Å². The van der Waals surface area contributed by atoms with E-state index in [1.807, 2.05) is 6.92 Å². The van der Waals surface area contributed by atoms with Crippen LogP contribution in [-0.4, -0.2) is 37.2 Å². The van der Waals surface area contributed by atoms with Crippen molar-refractivity contribution in [2.75, 3.05) is 32.2 Å². The Morgan fingerprint density at radius 2 is 2.25 bits per heavy atom. The Bertz CT molecular complexity index is 352. The molecule has 0 aliphatic heterocycles. The molecule has 0 aromatic carbocycles. The number of nitrogens with one attached hydrogen (secondary N) is 1. The fraction of sp³-hybridized carbons (Fsp3) is 0.600. The summed E-state index contributed by atoms with van der Waals surface area (Å²) in [5.41, 5.74) is 1.21. The molecule has 0 unspecified atom stereocenters. The Morgan fingerprint density at radius 3 is 2.88 bits per heavy atom. The van der Waals surface area contributed by atoms with Crippen LogP contribution in [0.1, 0.15) is 23.0 Å². The molecule has 5 nitrogen and oxygen atoms in total. The molecular weight excluding hydrogens is 228 g/mol. The van der Waals surface area contributed by atoms with Gasteiger partial charge in [0.15, 0.2) is 0 Å². The second kappa shape index (κ2) is 6.44. The van der Waals surface area contributed by atoms with Gasteiger partial charge in [0.1, 0.15) is 17.2 Å². The zero-order valence-corrected chi connectivity index (χ0v) is 10.5. The molecule has 0 amide bonds. The average molecular weight is 244 g/mol. The minimum absolute atomic E-state index is 0.269. The molecule has 1 aromatic heterocycles. The maximum Gasteiger partial charge on any atom is 0.343 e. The third kappa shape index (κ3) is 3.18. The van der Waals surface area contributed by atoms with Gasteiger partial charge in [0.2, 0.25) is 0 Å². The molecule has 0 aliphatic carbocycles. The summed E-state index contributed by atoms with van der Waals surface area (Å²) in [6, 6.07) is 0. The Kier molecular flexibility index (Phi) is 5.21.